The molecule has 5 nitrogen and oxygen atoms in total. The van der Waals surface area contributed by atoms with Gasteiger partial charge in [-0.2, -0.15) is 31.4 Å². The van der Waals surface area contributed by atoms with Gasteiger partial charge in [-0.3, -0.25) is 9.48 Å². The van der Waals surface area contributed by atoms with E-state index in [1.165, 1.54) is 25.4 Å². The van der Waals surface area contributed by atoms with Gasteiger partial charge >= 0.3 is 12.4 Å². The molecule has 0 saturated carbocycles. The van der Waals surface area contributed by atoms with E-state index in [-0.39, 0.29) is 11.3 Å². The minimum atomic E-state index is -4.68. The number of aromatic nitrogens is 3. The van der Waals surface area contributed by atoms with E-state index in [1.807, 2.05) is 0 Å². The Balaban J connectivity index is 1.77. The fourth-order valence-electron chi connectivity index (χ4n) is 2.61. The molecule has 30 heavy (non-hydrogen) atoms. The molecule has 160 valence electrons. The molecule has 3 rings (SSSR count). The first-order valence-electron chi connectivity index (χ1n) is 8.41. The maximum absolute atomic E-state index is 12.9. The van der Waals surface area contributed by atoms with Crippen LogP contribution in [-0.2, 0) is 19.4 Å². The summed E-state index contributed by atoms with van der Waals surface area (Å²) in [5, 5.41) is 6.14. The van der Waals surface area contributed by atoms with Crippen LogP contribution in [0, 0.1) is 0 Å². The van der Waals surface area contributed by atoms with E-state index >= 15 is 0 Å². The molecule has 0 aliphatic rings. The van der Waals surface area contributed by atoms with Crippen molar-refractivity contribution >= 4 is 17.2 Å². The predicted molar refractivity (Wildman–Crippen MR) is 96.6 cm³/mol. The first kappa shape index (κ1) is 21.8. The summed E-state index contributed by atoms with van der Waals surface area (Å²) in [6.07, 6.45) is -7.77. The summed E-state index contributed by atoms with van der Waals surface area (Å²) in [6.45, 7) is 1.59. The number of rotatable bonds is 4. The van der Waals surface area contributed by atoms with Crippen LogP contribution in [0.25, 0.3) is 10.6 Å². The molecule has 2 heterocycles. The van der Waals surface area contributed by atoms with E-state index in [0.717, 1.165) is 28.2 Å². The third-order valence-corrected chi connectivity index (χ3v) is 5.37. The average Bonchev–Trinajstić information content (AvgIpc) is 3.28. The predicted octanol–water partition coefficient (Wildman–Crippen LogP) is 5.07. The van der Waals surface area contributed by atoms with Crippen molar-refractivity contribution in [1.29, 1.82) is 0 Å². The quantitative estimate of drug-likeness (QED) is 0.567. The number of nitrogens with zero attached hydrogens (tertiary/aromatic N) is 3. The maximum Gasteiger partial charge on any atom is 0.435 e. The average molecular weight is 448 g/mol. The van der Waals surface area contributed by atoms with E-state index in [2.05, 4.69) is 15.4 Å². The smallest absolute Gasteiger partial charge is 0.343 e. The van der Waals surface area contributed by atoms with Crippen LogP contribution in [0.2, 0.25) is 0 Å². The molecule has 0 fully saturated rings. The lowest BCUT2D eigenvalue weighted by atomic mass is 10.1. The Labute approximate surface area is 170 Å². The van der Waals surface area contributed by atoms with Crippen molar-refractivity contribution in [3.63, 3.8) is 0 Å². The number of nitrogens with one attached hydrogen (secondary N) is 1. The molecule has 1 N–H and O–H groups in total. The Morgan fingerprint density at radius 1 is 1.13 bits per heavy atom. The van der Waals surface area contributed by atoms with Gasteiger partial charge in [-0.1, -0.05) is 12.1 Å². The van der Waals surface area contributed by atoms with Crippen LogP contribution in [0.4, 0.5) is 26.3 Å². The van der Waals surface area contributed by atoms with Crippen LogP contribution in [0.1, 0.15) is 39.6 Å². The van der Waals surface area contributed by atoms with Crippen molar-refractivity contribution in [2.24, 2.45) is 7.05 Å². The highest BCUT2D eigenvalue weighted by molar-refractivity contribution is 7.15. The Bertz CT molecular complexity index is 1070. The van der Waals surface area contributed by atoms with Crippen LogP contribution in [0.3, 0.4) is 0 Å². The van der Waals surface area contributed by atoms with Crippen molar-refractivity contribution in [2.75, 3.05) is 0 Å². The third kappa shape index (κ3) is 4.64. The third-order valence-electron chi connectivity index (χ3n) is 4.14. The summed E-state index contributed by atoms with van der Waals surface area (Å²) in [7, 11) is 1.22. The monoisotopic (exact) mass is 448 g/mol. The topological polar surface area (TPSA) is 59.8 Å². The molecule has 0 saturated heterocycles. The zero-order valence-corrected chi connectivity index (χ0v) is 16.3. The molecule has 0 bridgehead atoms. The molecule has 1 aromatic carbocycles. The van der Waals surface area contributed by atoms with Gasteiger partial charge in [-0.25, -0.2) is 4.98 Å². The number of alkyl halides is 6. The standard InChI is InChI=1S/C18H14F6N4OS/c1-9(26-15(29)12-7-14(18(22,23)24)27-28(12)2)13-8-25-16(30-13)10-4-3-5-11(6-10)17(19,20)21/h3-9H,1-2H3,(H,26,29). The van der Waals surface area contributed by atoms with Crippen LogP contribution in [-0.4, -0.2) is 20.7 Å². The summed E-state index contributed by atoms with van der Waals surface area (Å²) in [5.41, 5.74) is -2.01. The highest BCUT2D eigenvalue weighted by Gasteiger charge is 2.35. The normalized spacial score (nSPS) is 13.3. The van der Waals surface area contributed by atoms with Gasteiger partial charge in [-0.15, -0.1) is 11.3 Å². The summed E-state index contributed by atoms with van der Waals surface area (Å²) >= 11 is 1.07. The number of thiazole rings is 1. The number of amides is 1. The zero-order valence-electron chi connectivity index (χ0n) is 15.5. The number of aryl methyl sites for hydroxylation is 1. The molecule has 3 aromatic rings. The van der Waals surface area contributed by atoms with E-state index in [9.17, 15) is 31.1 Å². The lowest BCUT2D eigenvalue weighted by Gasteiger charge is -2.11. The number of halogens is 6. The molecule has 12 heteroatoms. The summed E-state index contributed by atoms with van der Waals surface area (Å²) < 4.78 is 77.7. The Hall–Kier alpha value is -2.89. The van der Waals surface area contributed by atoms with Crippen LogP contribution >= 0.6 is 11.3 Å². The molecule has 2 aromatic heterocycles. The second-order valence-corrected chi connectivity index (χ2v) is 7.44. The minimum Gasteiger partial charge on any atom is -0.343 e. The number of carbonyl (C=O) groups is 1. The van der Waals surface area contributed by atoms with Crippen molar-refractivity contribution in [2.45, 2.75) is 25.3 Å². The molecule has 0 radical (unpaired) electrons. The van der Waals surface area contributed by atoms with E-state index in [4.69, 9.17) is 0 Å². The Morgan fingerprint density at radius 3 is 2.43 bits per heavy atom. The molecule has 0 aliphatic carbocycles. The van der Waals surface area contributed by atoms with Gasteiger partial charge in [0.2, 0.25) is 0 Å². The SMILES string of the molecule is CC(NC(=O)c1cc(C(F)(F)F)nn1C)c1cnc(-c2cccc(C(F)(F)F)c2)s1. The largest absolute Gasteiger partial charge is 0.435 e. The molecule has 1 atom stereocenters. The number of benzene rings is 1. The van der Waals surface area contributed by atoms with Crippen LogP contribution in [0.15, 0.2) is 36.5 Å². The second-order valence-electron chi connectivity index (χ2n) is 6.38. The van der Waals surface area contributed by atoms with Crippen molar-refractivity contribution in [1.82, 2.24) is 20.1 Å². The van der Waals surface area contributed by atoms with Gasteiger partial charge < -0.3 is 5.32 Å². The molecule has 0 spiro atoms. The Kier molecular flexibility index (Phi) is 5.63. The van der Waals surface area contributed by atoms with Crippen molar-refractivity contribution in [3.05, 3.63) is 58.4 Å². The fraction of sp³-hybridized carbons (Fsp3) is 0.278. The molecule has 1 unspecified atom stereocenters. The zero-order chi connectivity index (χ0) is 22.3. The van der Waals surface area contributed by atoms with Gasteiger partial charge in [0.05, 0.1) is 11.6 Å². The molecular weight excluding hydrogens is 434 g/mol. The second kappa shape index (κ2) is 7.74. The van der Waals surface area contributed by atoms with Gasteiger partial charge in [0.15, 0.2) is 5.69 Å². The van der Waals surface area contributed by atoms with Gasteiger partial charge in [-0.05, 0) is 19.1 Å². The highest BCUT2D eigenvalue weighted by Crippen LogP contribution is 2.34. The Morgan fingerprint density at radius 2 is 1.83 bits per heavy atom. The summed E-state index contributed by atoms with van der Waals surface area (Å²) in [5.74, 6) is -0.776. The fourth-order valence-corrected chi connectivity index (χ4v) is 3.52. The molecule has 0 aliphatic heterocycles. The van der Waals surface area contributed by atoms with E-state index in [1.54, 1.807) is 6.92 Å². The first-order valence-corrected chi connectivity index (χ1v) is 9.23. The number of hydrogen-bond donors (Lipinski definition) is 1. The van der Waals surface area contributed by atoms with Crippen LogP contribution < -0.4 is 5.32 Å². The van der Waals surface area contributed by atoms with Gasteiger partial charge in [0, 0.05) is 29.8 Å². The van der Waals surface area contributed by atoms with E-state index in [0.29, 0.717) is 16.0 Å². The van der Waals surface area contributed by atoms with Crippen molar-refractivity contribution < 1.29 is 31.1 Å². The lowest BCUT2D eigenvalue weighted by Crippen LogP contribution is -2.27. The van der Waals surface area contributed by atoms with Crippen LogP contribution in [0.5, 0.6) is 0 Å². The first-order chi connectivity index (χ1) is 13.9. The maximum atomic E-state index is 12.9. The molecular formula is C18H14F6N4OS. The van der Waals surface area contributed by atoms with Crippen molar-refractivity contribution in [3.8, 4) is 10.6 Å². The summed E-state index contributed by atoms with van der Waals surface area (Å²) in [6, 6.07) is 4.67. The van der Waals surface area contributed by atoms with Gasteiger partial charge in [0.1, 0.15) is 10.7 Å². The summed E-state index contributed by atoms with van der Waals surface area (Å²) in [4.78, 5) is 17.0. The molecule has 1 amide bonds. The number of carbonyl (C=O) groups excluding carboxylic acids is 1. The van der Waals surface area contributed by atoms with E-state index < -0.39 is 35.6 Å². The minimum absolute atomic E-state index is 0.265. The number of hydrogen-bond acceptors (Lipinski definition) is 4. The van der Waals surface area contributed by atoms with Gasteiger partial charge in [0.25, 0.3) is 5.91 Å². The highest BCUT2D eigenvalue weighted by atomic mass is 32.1. The lowest BCUT2D eigenvalue weighted by molar-refractivity contribution is -0.141.